The molecular formula is C17H21FN4O2. The summed E-state index contributed by atoms with van der Waals surface area (Å²) in [6, 6.07) is 6.07. The fraction of sp³-hybridized carbons (Fsp3) is 0.471. The third-order valence-corrected chi connectivity index (χ3v) is 4.65. The Morgan fingerprint density at radius 3 is 2.75 bits per heavy atom. The van der Waals surface area contributed by atoms with E-state index in [1.54, 1.807) is 16.8 Å². The molecule has 1 saturated heterocycles. The van der Waals surface area contributed by atoms with E-state index in [4.69, 9.17) is 5.11 Å². The number of hydrogen-bond donors (Lipinski definition) is 1. The first kappa shape index (κ1) is 16.6. The molecule has 0 saturated carbocycles. The van der Waals surface area contributed by atoms with Crippen LogP contribution in [0.4, 0.5) is 4.39 Å². The quantitative estimate of drug-likeness (QED) is 0.910. The van der Waals surface area contributed by atoms with Gasteiger partial charge in [-0.25, -0.2) is 9.07 Å². The Morgan fingerprint density at radius 2 is 2.08 bits per heavy atom. The van der Waals surface area contributed by atoms with E-state index in [1.165, 1.54) is 12.1 Å². The minimum atomic E-state index is -0.753. The zero-order valence-corrected chi connectivity index (χ0v) is 13.8. The maximum atomic E-state index is 13.0. The van der Waals surface area contributed by atoms with Crippen LogP contribution >= 0.6 is 0 Å². The van der Waals surface area contributed by atoms with Crippen LogP contribution in [-0.4, -0.2) is 44.1 Å². The van der Waals surface area contributed by atoms with E-state index in [-0.39, 0.29) is 23.6 Å². The molecule has 0 bridgehead atoms. The van der Waals surface area contributed by atoms with Gasteiger partial charge in [0.25, 0.3) is 0 Å². The summed E-state index contributed by atoms with van der Waals surface area (Å²) >= 11 is 0. The molecule has 1 aromatic carbocycles. The number of aromatic nitrogens is 3. The van der Waals surface area contributed by atoms with Crippen LogP contribution in [0.1, 0.15) is 26.0 Å². The first-order chi connectivity index (χ1) is 11.3. The molecule has 1 unspecified atom stereocenters. The Bertz CT molecular complexity index is 726. The van der Waals surface area contributed by atoms with Crippen molar-refractivity contribution >= 4 is 5.97 Å². The van der Waals surface area contributed by atoms with Crippen LogP contribution in [0.2, 0.25) is 0 Å². The Hall–Kier alpha value is -2.28. The zero-order chi connectivity index (χ0) is 17.3. The lowest BCUT2D eigenvalue weighted by Gasteiger charge is -2.24. The average Bonchev–Trinajstić information content (AvgIpc) is 3.04. The lowest BCUT2D eigenvalue weighted by molar-refractivity contribution is -0.138. The minimum Gasteiger partial charge on any atom is -0.481 e. The number of hydrogen-bond acceptors (Lipinski definition) is 4. The minimum absolute atomic E-state index is 0.0364. The van der Waals surface area contributed by atoms with Crippen molar-refractivity contribution in [3.63, 3.8) is 0 Å². The number of carboxylic acids is 1. The second-order valence-corrected chi connectivity index (χ2v) is 7.08. The smallest absolute Gasteiger partial charge is 0.303 e. The summed E-state index contributed by atoms with van der Waals surface area (Å²) in [7, 11) is 0. The summed E-state index contributed by atoms with van der Waals surface area (Å²) in [4.78, 5) is 13.2. The van der Waals surface area contributed by atoms with E-state index in [0.717, 1.165) is 24.5 Å². The first-order valence-electron chi connectivity index (χ1n) is 7.95. The van der Waals surface area contributed by atoms with Crippen LogP contribution < -0.4 is 0 Å². The molecule has 1 aliphatic heterocycles. The van der Waals surface area contributed by atoms with E-state index >= 15 is 0 Å². The standard InChI is InChI=1S/C17H21FN4O2/c1-17(2)11-21(8-12(17)7-16(23)24)9-14-10-22(20-19-14)15-5-3-13(18)4-6-15/h3-6,10,12H,7-9,11H2,1-2H3,(H,23,24). The lowest BCUT2D eigenvalue weighted by atomic mass is 9.80. The van der Waals surface area contributed by atoms with Crippen molar-refractivity contribution in [3.8, 4) is 5.69 Å². The highest BCUT2D eigenvalue weighted by atomic mass is 19.1. The highest BCUT2D eigenvalue weighted by Gasteiger charge is 2.40. The predicted molar refractivity (Wildman–Crippen MR) is 86.1 cm³/mol. The number of rotatable bonds is 5. The van der Waals surface area contributed by atoms with Crippen molar-refractivity contribution in [2.75, 3.05) is 13.1 Å². The molecule has 2 heterocycles. The Kier molecular flexibility index (Phi) is 4.36. The van der Waals surface area contributed by atoms with Gasteiger partial charge < -0.3 is 5.11 Å². The fourth-order valence-electron chi connectivity index (χ4n) is 3.32. The van der Waals surface area contributed by atoms with Gasteiger partial charge in [-0.05, 0) is 35.6 Å². The second kappa shape index (κ2) is 6.32. The van der Waals surface area contributed by atoms with Crippen molar-refractivity contribution in [2.24, 2.45) is 11.3 Å². The van der Waals surface area contributed by atoms with Gasteiger partial charge in [-0.15, -0.1) is 5.10 Å². The molecule has 1 N–H and O–H groups in total. The summed E-state index contributed by atoms with van der Waals surface area (Å²) in [6.07, 6.45) is 2.01. The van der Waals surface area contributed by atoms with E-state index in [1.807, 2.05) is 6.20 Å². The topological polar surface area (TPSA) is 71.2 Å². The predicted octanol–water partition coefficient (Wildman–Crippen LogP) is 2.34. The normalized spacial score (nSPS) is 20.4. The Morgan fingerprint density at radius 1 is 1.38 bits per heavy atom. The summed E-state index contributed by atoms with van der Waals surface area (Å²) in [5.41, 5.74) is 1.53. The van der Waals surface area contributed by atoms with Crippen LogP contribution in [0.3, 0.4) is 0 Å². The van der Waals surface area contributed by atoms with Crippen LogP contribution in [-0.2, 0) is 11.3 Å². The first-order valence-corrected chi connectivity index (χ1v) is 7.95. The summed E-state index contributed by atoms with van der Waals surface area (Å²) in [5.74, 6) is -0.915. The van der Waals surface area contributed by atoms with E-state index in [9.17, 15) is 9.18 Å². The zero-order valence-electron chi connectivity index (χ0n) is 13.8. The molecule has 1 atom stereocenters. The van der Waals surface area contributed by atoms with Gasteiger partial charge in [0.15, 0.2) is 0 Å². The number of nitrogens with zero attached hydrogens (tertiary/aromatic N) is 4. The van der Waals surface area contributed by atoms with Gasteiger partial charge in [0.1, 0.15) is 5.82 Å². The molecule has 128 valence electrons. The molecule has 6 nitrogen and oxygen atoms in total. The molecule has 1 fully saturated rings. The molecule has 0 radical (unpaired) electrons. The molecule has 7 heteroatoms. The third-order valence-electron chi connectivity index (χ3n) is 4.65. The molecule has 0 amide bonds. The maximum absolute atomic E-state index is 13.0. The highest BCUT2D eigenvalue weighted by Crippen LogP contribution is 2.37. The number of likely N-dealkylation sites (tertiary alicyclic amines) is 1. The highest BCUT2D eigenvalue weighted by molar-refractivity contribution is 5.67. The monoisotopic (exact) mass is 332 g/mol. The summed E-state index contributed by atoms with van der Waals surface area (Å²) < 4.78 is 14.6. The van der Waals surface area contributed by atoms with Gasteiger partial charge in [-0.3, -0.25) is 9.69 Å². The molecule has 2 aromatic rings. The van der Waals surface area contributed by atoms with Gasteiger partial charge >= 0.3 is 5.97 Å². The Balaban J connectivity index is 1.67. The van der Waals surface area contributed by atoms with Crippen LogP contribution in [0.25, 0.3) is 5.69 Å². The number of carbonyl (C=O) groups is 1. The van der Waals surface area contributed by atoms with Crippen molar-refractivity contribution in [2.45, 2.75) is 26.8 Å². The summed E-state index contributed by atoms with van der Waals surface area (Å²) in [6.45, 7) is 6.41. The molecule has 24 heavy (non-hydrogen) atoms. The van der Waals surface area contributed by atoms with Crippen molar-refractivity contribution in [3.05, 3.63) is 42.0 Å². The van der Waals surface area contributed by atoms with E-state index in [0.29, 0.717) is 6.54 Å². The van der Waals surface area contributed by atoms with Gasteiger partial charge in [0, 0.05) is 26.1 Å². The van der Waals surface area contributed by atoms with Crippen molar-refractivity contribution in [1.82, 2.24) is 19.9 Å². The van der Waals surface area contributed by atoms with Gasteiger partial charge in [-0.2, -0.15) is 0 Å². The molecular weight excluding hydrogens is 311 g/mol. The third kappa shape index (κ3) is 3.62. The van der Waals surface area contributed by atoms with Crippen molar-refractivity contribution in [1.29, 1.82) is 0 Å². The largest absolute Gasteiger partial charge is 0.481 e. The average molecular weight is 332 g/mol. The Labute approximate surface area is 139 Å². The van der Waals surface area contributed by atoms with Crippen LogP contribution in [0.5, 0.6) is 0 Å². The number of aliphatic carboxylic acids is 1. The van der Waals surface area contributed by atoms with Crippen LogP contribution in [0.15, 0.2) is 30.5 Å². The van der Waals surface area contributed by atoms with E-state index < -0.39 is 5.97 Å². The molecule has 1 aliphatic rings. The van der Waals surface area contributed by atoms with Crippen LogP contribution in [0, 0.1) is 17.2 Å². The molecule has 1 aromatic heterocycles. The number of benzene rings is 1. The molecule has 0 spiro atoms. The fourth-order valence-corrected chi connectivity index (χ4v) is 3.32. The van der Waals surface area contributed by atoms with Crippen molar-refractivity contribution < 1.29 is 14.3 Å². The molecule has 3 rings (SSSR count). The van der Waals surface area contributed by atoms with Gasteiger partial charge in [0.05, 0.1) is 17.6 Å². The van der Waals surface area contributed by atoms with Gasteiger partial charge in [0.2, 0.25) is 0 Å². The van der Waals surface area contributed by atoms with E-state index in [2.05, 4.69) is 29.1 Å². The lowest BCUT2D eigenvalue weighted by Crippen LogP contribution is -2.24. The second-order valence-electron chi connectivity index (χ2n) is 7.08. The SMILES string of the molecule is CC1(C)CN(Cc2cn(-c3ccc(F)cc3)nn2)CC1CC(=O)O. The number of halogens is 1. The molecule has 0 aliphatic carbocycles. The number of carboxylic acid groups (broad SMARTS) is 1. The maximum Gasteiger partial charge on any atom is 0.303 e. The summed E-state index contributed by atoms with van der Waals surface area (Å²) in [5, 5.41) is 17.3. The van der Waals surface area contributed by atoms with Gasteiger partial charge in [-0.1, -0.05) is 19.1 Å².